The van der Waals surface area contributed by atoms with Gasteiger partial charge in [-0.3, -0.25) is 10.1 Å². The van der Waals surface area contributed by atoms with Gasteiger partial charge in [0.15, 0.2) is 0 Å². The van der Waals surface area contributed by atoms with Crippen LogP contribution in [-0.4, -0.2) is 11.5 Å². The van der Waals surface area contributed by atoms with Crippen LogP contribution in [0.5, 0.6) is 0 Å². The second-order valence-electron chi connectivity index (χ2n) is 4.61. The van der Waals surface area contributed by atoms with E-state index in [0.29, 0.717) is 12.2 Å². The molecule has 0 saturated heterocycles. The monoisotopic (exact) mass is 382 g/mol. The highest BCUT2D eigenvalue weighted by Crippen LogP contribution is 2.27. The maximum absolute atomic E-state index is 11.1. The molecule has 0 amide bonds. The first kappa shape index (κ1) is 14.8. The molecule has 0 aliphatic rings. The molecule has 2 aromatic rings. The fraction of sp³-hybridized carbons (Fsp3) is 0.200. The van der Waals surface area contributed by atoms with Gasteiger partial charge < -0.3 is 5.32 Å². The van der Waals surface area contributed by atoms with Gasteiger partial charge in [0.2, 0.25) is 0 Å². The number of nitro groups is 1. The van der Waals surface area contributed by atoms with E-state index < -0.39 is 0 Å². The van der Waals surface area contributed by atoms with E-state index in [1.165, 1.54) is 5.56 Å². The molecule has 0 radical (unpaired) electrons. The molecule has 0 bridgehead atoms. The van der Waals surface area contributed by atoms with Crippen molar-refractivity contribution in [3.63, 3.8) is 0 Å². The number of anilines is 1. The van der Waals surface area contributed by atoms with Crippen molar-refractivity contribution in [3.8, 4) is 0 Å². The smallest absolute Gasteiger partial charge is 0.293 e. The highest BCUT2D eigenvalue weighted by Gasteiger charge is 2.14. The highest BCUT2D eigenvalue weighted by molar-refractivity contribution is 14.1. The average molecular weight is 382 g/mol. The van der Waals surface area contributed by atoms with Crippen molar-refractivity contribution in [1.82, 2.24) is 0 Å². The van der Waals surface area contributed by atoms with Gasteiger partial charge in [-0.05, 0) is 46.2 Å². The molecule has 20 heavy (non-hydrogen) atoms. The van der Waals surface area contributed by atoms with Crippen LogP contribution >= 0.6 is 22.6 Å². The summed E-state index contributed by atoms with van der Waals surface area (Å²) in [7, 11) is 0. The quantitative estimate of drug-likeness (QED) is 0.473. The number of halogens is 1. The number of hydrogen-bond donors (Lipinski definition) is 1. The van der Waals surface area contributed by atoms with Crippen LogP contribution in [-0.2, 0) is 0 Å². The minimum atomic E-state index is -0.350. The van der Waals surface area contributed by atoms with Crippen molar-refractivity contribution in [3.05, 3.63) is 67.8 Å². The van der Waals surface area contributed by atoms with Crippen LogP contribution in [0.4, 0.5) is 11.4 Å². The van der Waals surface area contributed by atoms with E-state index in [1.807, 2.05) is 24.3 Å². The molecule has 0 fully saturated rings. The standard InChI is InChI=1S/C15H15IN2O2/c1-11(12-5-3-2-4-6-12)10-17-14-8-7-13(16)9-15(14)18(19)20/h2-9,11,17H,10H2,1H3. The predicted molar refractivity (Wildman–Crippen MR) is 89.2 cm³/mol. The molecule has 4 nitrogen and oxygen atoms in total. The van der Waals surface area contributed by atoms with Crippen LogP contribution in [0.1, 0.15) is 18.4 Å². The molecule has 2 rings (SSSR count). The lowest BCUT2D eigenvalue weighted by atomic mass is 10.0. The van der Waals surface area contributed by atoms with E-state index in [9.17, 15) is 10.1 Å². The van der Waals surface area contributed by atoms with Crippen LogP contribution in [0.3, 0.4) is 0 Å². The van der Waals surface area contributed by atoms with Crippen LogP contribution in [0, 0.1) is 13.7 Å². The number of benzene rings is 2. The van der Waals surface area contributed by atoms with Crippen LogP contribution in [0.25, 0.3) is 0 Å². The lowest BCUT2D eigenvalue weighted by molar-refractivity contribution is -0.384. The summed E-state index contributed by atoms with van der Waals surface area (Å²) in [5.74, 6) is 0.287. The van der Waals surface area contributed by atoms with Crippen molar-refractivity contribution in [2.24, 2.45) is 0 Å². The first-order valence-electron chi connectivity index (χ1n) is 6.30. The average Bonchev–Trinajstić information content (AvgIpc) is 2.46. The molecule has 1 N–H and O–H groups in total. The molecule has 0 saturated carbocycles. The summed E-state index contributed by atoms with van der Waals surface area (Å²) in [6, 6.07) is 15.3. The van der Waals surface area contributed by atoms with E-state index >= 15 is 0 Å². The number of hydrogen-bond acceptors (Lipinski definition) is 3. The summed E-state index contributed by atoms with van der Waals surface area (Å²) in [5.41, 5.74) is 1.91. The van der Waals surface area contributed by atoms with Gasteiger partial charge in [0, 0.05) is 16.2 Å². The fourth-order valence-corrected chi connectivity index (χ4v) is 2.44. The molecule has 0 aromatic heterocycles. The Hall–Kier alpha value is -1.63. The van der Waals surface area contributed by atoms with Crippen LogP contribution in [0.2, 0.25) is 0 Å². The van der Waals surface area contributed by atoms with Crippen molar-refractivity contribution < 1.29 is 4.92 Å². The Balaban J connectivity index is 2.09. The zero-order valence-electron chi connectivity index (χ0n) is 11.0. The Morgan fingerprint density at radius 1 is 1.25 bits per heavy atom. The van der Waals surface area contributed by atoms with Crippen molar-refractivity contribution in [1.29, 1.82) is 0 Å². The third-order valence-electron chi connectivity index (χ3n) is 3.12. The lowest BCUT2D eigenvalue weighted by Gasteiger charge is -2.14. The Labute approximate surface area is 131 Å². The third-order valence-corrected chi connectivity index (χ3v) is 3.79. The minimum absolute atomic E-state index is 0.122. The lowest BCUT2D eigenvalue weighted by Crippen LogP contribution is -2.11. The molecule has 1 atom stereocenters. The zero-order valence-corrected chi connectivity index (χ0v) is 13.2. The third kappa shape index (κ3) is 3.69. The first-order chi connectivity index (χ1) is 9.58. The van der Waals surface area contributed by atoms with Crippen LogP contribution < -0.4 is 5.32 Å². The van der Waals surface area contributed by atoms with Crippen molar-refractivity contribution >= 4 is 34.0 Å². The summed E-state index contributed by atoms with van der Waals surface area (Å²) in [6.45, 7) is 2.76. The predicted octanol–water partition coefficient (Wildman–Crippen LogP) is 4.42. The zero-order chi connectivity index (χ0) is 14.5. The van der Waals surface area contributed by atoms with E-state index in [2.05, 4.69) is 47.0 Å². The molecular formula is C15H15IN2O2. The molecule has 5 heteroatoms. The topological polar surface area (TPSA) is 55.2 Å². The SMILES string of the molecule is CC(CNc1ccc(I)cc1[N+](=O)[O-])c1ccccc1. The minimum Gasteiger partial charge on any atom is -0.379 e. The molecule has 2 aromatic carbocycles. The normalized spacial score (nSPS) is 11.9. The number of nitrogens with one attached hydrogen (secondary N) is 1. The molecule has 0 heterocycles. The van der Waals surface area contributed by atoms with Gasteiger partial charge in [0.25, 0.3) is 5.69 Å². The van der Waals surface area contributed by atoms with Crippen molar-refractivity contribution in [2.45, 2.75) is 12.8 Å². The van der Waals surface area contributed by atoms with E-state index in [1.54, 1.807) is 12.1 Å². The maximum Gasteiger partial charge on any atom is 0.293 e. The number of rotatable bonds is 5. The van der Waals surface area contributed by atoms with Gasteiger partial charge in [-0.2, -0.15) is 0 Å². The number of nitro benzene ring substituents is 1. The van der Waals surface area contributed by atoms with Gasteiger partial charge in [0.05, 0.1) is 4.92 Å². The molecule has 1 unspecified atom stereocenters. The van der Waals surface area contributed by atoms with Gasteiger partial charge in [0.1, 0.15) is 5.69 Å². The summed E-state index contributed by atoms with van der Waals surface area (Å²) in [6.07, 6.45) is 0. The maximum atomic E-state index is 11.1. The van der Waals surface area contributed by atoms with Gasteiger partial charge >= 0.3 is 0 Å². The number of nitrogens with zero attached hydrogens (tertiary/aromatic N) is 1. The summed E-state index contributed by atoms with van der Waals surface area (Å²) >= 11 is 2.07. The summed E-state index contributed by atoms with van der Waals surface area (Å²) in [4.78, 5) is 10.7. The largest absolute Gasteiger partial charge is 0.379 e. The molecular weight excluding hydrogens is 367 g/mol. The second kappa shape index (κ2) is 6.69. The first-order valence-corrected chi connectivity index (χ1v) is 7.38. The highest BCUT2D eigenvalue weighted by atomic mass is 127. The summed E-state index contributed by atoms with van der Waals surface area (Å²) in [5, 5.41) is 14.2. The van der Waals surface area contributed by atoms with Crippen molar-refractivity contribution in [2.75, 3.05) is 11.9 Å². The molecule has 104 valence electrons. The Bertz CT molecular complexity index is 602. The van der Waals surface area contributed by atoms with Gasteiger partial charge in [-0.25, -0.2) is 0 Å². The van der Waals surface area contributed by atoms with E-state index in [0.717, 1.165) is 3.57 Å². The Morgan fingerprint density at radius 3 is 2.60 bits per heavy atom. The Kier molecular flexibility index (Phi) is 4.94. The second-order valence-corrected chi connectivity index (χ2v) is 5.86. The van der Waals surface area contributed by atoms with Gasteiger partial charge in [-0.1, -0.05) is 37.3 Å². The van der Waals surface area contributed by atoms with E-state index in [-0.39, 0.29) is 16.5 Å². The Morgan fingerprint density at radius 2 is 1.95 bits per heavy atom. The van der Waals surface area contributed by atoms with Gasteiger partial charge in [-0.15, -0.1) is 0 Å². The molecule has 0 aliphatic heterocycles. The van der Waals surface area contributed by atoms with Crippen LogP contribution in [0.15, 0.2) is 48.5 Å². The molecule has 0 aliphatic carbocycles. The summed E-state index contributed by atoms with van der Waals surface area (Å²) < 4.78 is 0.857. The fourth-order valence-electron chi connectivity index (χ4n) is 1.97. The molecule has 0 spiro atoms. The van der Waals surface area contributed by atoms with E-state index in [4.69, 9.17) is 0 Å².